The highest BCUT2D eigenvalue weighted by Gasteiger charge is 2.22. The number of hydrogen-bond acceptors (Lipinski definition) is 3. The summed E-state index contributed by atoms with van der Waals surface area (Å²) in [6.07, 6.45) is 10.2. The van der Waals surface area contributed by atoms with Crippen LogP contribution in [-0.4, -0.2) is 61.6 Å². The van der Waals surface area contributed by atoms with E-state index < -0.39 is 0 Å². The van der Waals surface area contributed by atoms with Crippen molar-refractivity contribution in [3.05, 3.63) is 0 Å². The van der Waals surface area contributed by atoms with Gasteiger partial charge in [0.1, 0.15) is 0 Å². The number of hydrogen-bond donors (Lipinski definition) is 2. The maximum absolute atomic E-state index is 4.88. The molecule has 1 aliphatic carbocycles. The SMILES string of the molecule is CCNC(=NCC1CCCN(C)C1)NC1CCCC(SC)C1. The van der Waals surface area contributed by atoms with E-state index in [1.165, 1.54) is 51.6 Å². The van der Waals surface area contributed by atoms with Crippen molar-refractivity contribution in [2.75, 3.05) is 39.5 Å². The number of rotatable bonds is 5. The first-order chi connectivity index (χ1) is 10.7. The lowest BCUT2D eigenvalue weighted by atomic mass is 9.95. The standard InChI is InChI=1S/C17H34N4S/c1-4-18-17(19-12-14-7-6-10-21(2)13-14)20-15-8-5-9-16(11-15)22-3/h14-16H,4-13H2,1-3H3,(H2,18,19,20). The van der Waals surface area contributed by atoms with E-state index in [4.69, 9.17) is 4.99 Å². The molecule has 0 aromatic carbocycles. The fourth-order valence-corrected chi connectivity index (χ4v) is 4.47. The molecule has 1 aliphatic heterocycles. The molecule has 3 atom stereocenters. The fourth-order valence-electron chi connectivity index (χ4n) is 3.65. The molecule has 1 heterocycles. The van der Waals surface area contributed by atoms with Crippen LogP contribution in [-0.2, 0) is 0 Å². The third kappa shape index (κ3) is 5.99. The summed E-state index contributed by atoms with van der Waals surface area (Å²) in [5.41, 5.74) is 0. The van der Waals surface area contributed by atoms with E-state index in [9.17, 15) is 0 Å². The Hall–Kier alpha value is -0.420. The quantitative estimate of drug-likeness (QED) is 0.602. The Balaban J connectivity index is 1.83. The normalized spacial score (nSPS) is 31.0. The number of likely N-dealkylation sites (tertiary alicyclic amines) is 1. The molecule has 128 valence electrons. The monoisotopic (exact) mass is 326 g/mol. The Kier molecular flexibility index (Phi) is 7.87. The van der Waals surface area contributed by atoms with Gasteiger partial charge in [0.25, 0.3) is 0 Å². The van der Waals surface area contributed by atoms with Crippen LogP contribution in [0.2, 0.25) is 0 Å². The lowest BCUT2D eigenvalue weighted by molar-refractivity contribution is 0.214. The maximum atomic E-state index is 4.88. The number of nitrogens with one attached hydrogen (secondary N) is 2. The molecule has 3 unspecified atom stereocenters. The van der Waals surface area contributed by atoms with Crippen LogP contribution in [0.4, 0.5) is 0 Å². The van der Waals surface area contributed by atoms with Crippen molar-refractivity contribution in [1.82, 2.24) is 15.5 Å². The molecule has 2 fully saturated rings. The van der Waals surface area contributed by atoms with E-state index in [0.29, 0.717) is 6.04 Å². The van der Waals surface area contributed by atoms with Gasteiger partial charge >= 0.3 is 0 Å². The van der Waals surface area contributed by atoms with Gasteiger partial charge in [0, 0.05) is 30.9 Å². The molecule has 0 aromatic rings. The van der Waals surface area contributed by atoms with Gasteiger partial charge in [-0.05, 0) is 64.8 Å². The van der Waals surface area contributed by atoms with E-state index in [1.54, 1.807) is 0 Å². The van der Waals surface area contributed by atoms with Gasteiger partial charge in [-0.2, -0.15) is 11.8 Å². The van der Waals surface area contributed by atoms with Gasteiger partial charge in [-0.25, -0.2) is 0 Å². The van der Waals surface area contributed by atoms with Crippen LogP contribution in [0.3, 0.4) is 0 Å². The lowest BCUT2D eigenvalue weighted by Gasteiger charge is -2.31. The third-order valence-electron chi connectivity index (χ3n) is 4.87. The summed E-state index contributed by atoms with van der Waals surface area (Å²) in [5, 5.41) is 7.94. The Labute approximate surface area is 140 Å². The molecule has 0 bridgehead atoms. The first-order valence-electron chi connectivity index (χ1n) is 8.97. The van der Waals surface area contributed by atoms with Crippen LogP contribution in [0.25, 0.3) is 0 Å². The highest BCUT2D eigenvalue weighted by molar-refractivity contribution is 7.99. The number of aliphatic imine (C=N–C) groups is 1. The Bertz CT molecular complexity index is 348. The average molecular weight is 327 g/mol. The molecule has 0 spiro atoms. The third-order valence-corrected chi connectivity index (χ3v) is 5.97. The number of piperidine rings is 1. The van der Waals surface area contributed by atoms with Crippen molar-refractivity contribution in [3.8, 4) is 0 Å². The molecule has 2 N–H and O–H groups in total. The maximum Gasteiger partial charge on any atom is 0.191 e. The largest absolute Gasteiger partial charge is 0.357 e. The summed E-state index contributed by atoms with van der Waals surface area (Å²) >= 11 is 2.02. The summed E-state index contributed by atoms with van der Waals surface area (Å²) in [7, 11) is 2.23. The van der Waals surface area contributed by atoms with Crippen molar-refractivity contribution in [3.63, 3.8) is 0 Å². The highest BCUT2D eigenvalue weighted by atomic mass is 32.2. The van der Waals surface area contributed by atoms with Crippen molar-refractivity contribution in [2.45, 2.75) is 56.7 Å². The second-order valence-corrected chi connectivity index (χ2v) is 7.99. The average Bonchev–Trinajstić information content (AvgIpc) is 2.53. The van der Waals surface area contributed by atoms with Crippen molar-refractivity contribution in [2.24, 2.45) is 10.9 Å². The second kappa shape index (κ2) is 9.66. The zero-order chi connectivity index (χ0) is 15.8. The predicted octanol–water partition coefficient (Wildman–Crippen LogP) is 2.56. The molecule has 2 aliphatic rings. The van der Waals surface area contributed by atoms with Gasteiger partial charge in [-0.1, -0.05) is 6.42 Å². The summed E-state index contributed by atoms with van der Waals surface area (Å²) in [6, 6.07) is 0.595. The smallest absolute Gasteiger partial charge is 0.191 e. The van der Waals surface area contributed by atoms with E-state index in [0.717, 1.165) is 30.2 Å². The van der Waals surface area contributed by atoms with Gasteiger partial charge < -0.3 is 15.5 Å². The molecular weight excluding hydrogens is 292 g/mol. The molecule has 1 saturated heterocycles. The van der Waals surface area contributed by atoms with Crippen LogP contribution < -0.4 is 10.6 Å². The van der Waals surface area contributed by atoms with Crippen molar-refractivity contribution >= 4 is 17.7 Å². The van der Waals surface area contributed by atoms with Gasteiger partial charge in [0.2, 0.25) is 0 Å². The zero-order valence-electron chi connectivity index (χ0n) is 14.6. The minimum absolute atomic E-state index is 0.595. The van der Waals surface area contributed by atoms with Crippen LogP contribution in [0.15, 0.2) is 4.99 Å². The molecule has 0 radical (unpaired) electrons. The first-order valence-corrected chi connectivity index (χ1v) is 10.3. The zero-order valence-corrected chi connectivity index (χ0v) is 15.4. The van der Waals surface area contributed by atoms with Crippen LogP contribution in [0, 0.1) is 5.92 Å². The van der Waals surface area contributed by atoms with Crippen LogP contribution in [0.5, 0.6) is 0 Å². The Morgan fingerprint density at radius 3 is 2.86 bits per heavy atom. The summed E-state index contributed by atoms with van der Waals surface area (Å²) in [6.45, 7) is 6.49. The summed E-state index contributed by atoms with van der Waals surface area (Å²) in [4.78, 5) is 7.32. The van der Waals surface area contributed by atoms with E-state index in [1.807, 2.05) is 11.8 Å². The number of guanidine groups is 1. The molecular formula is C17H34N4S. The van der Waals surface area contributed by atoms with Gasteiger partial charge in [-0.3, -0.25) is 4.99 Å². The van der Waals surface area contributed by atoms with Gasteiger partial charge in [0.15, 0.2) is 5.96 Å². The lowest BCUT2D eigenvalue weighted by Crippen LogP contribution is -2.46. The Morgan fingerprint density at radius 1 is 1.27 bits per heavy atom. The minimum Gasteiger partial charge on any atom is -0.357 e. The predicted molar refractivity (Wildman–Crippen MR) is 98.9 cm³/mol. The molecule has 4 nitrogen and oxygen atoms in total. The van der Waals surface area contributed by atoms with Crippen molar-refractivity contribution in [1.29, 1.82) is 0 Å². The topological polar surface area (TPSA) is 39.7 Å². The van der Waals surface area contributed by atoms with E-state index in [-0.39, 0.29) is 0 Å². The summed E-state index contributed by atoms with van der Waals surface area (Å²) in [5.74, 6) is 1.75. The molecule has 0 amide bonds. The molecule has 2 rings (SSSR count). The van der Waals surface area contributed by atoms with Gasteiger partial charge in [-0.15, -0.1) is 0 Å². The molecule has 1 saturated carbocycles. The molecule has 22 heavy (non-hydrogen) atoms. The Morgan fingerprint density at radius 2 is 2.14 bits per heavy atom. The highest BCUT2D eigenvalue weighted by Crippen LogP contribution is 2.26. The van der Waals surface area contributed by atoms with Crippen LogP contribution >= 0.6 is 11.8 Å². The summed E-state index contributed by atoms with van der Waals surface area (Å²) < 4.78 is 0. The second-order valence-electron chi connectivity index (χ2n) is 6.86. The van der Waals surface area contributed by atoms with E-state index >= 15 is 0 Å². The molecule has 5 heteroatoms. The molecule has 0 aromatic heterocycles. The van der Waals surface area contributed by atoms with Crippen molar-refractivity contribution < 1.29 is 0 Å². The fraction of sp³-hybridized carbons (Fsp3) is 0.941. The number of nitrogens with zero attached hydrogens (tertiary/aromatic N) is 2. The van der Waals surface area contributed by atoms with E-state index in [2.05, 4.69) is 35.8 Å². The first kappa shape index (κ1) is 17.9. The van der Waals surface area contributed by atoms with Crippen LogP contribution in [0.1, 0.15) is 45.4 Å². The van der Waals surface area contributed by atoms with Gasteiger partial charge in [0.05, 0.1) is 0 Å². The number of thioether (sulfide) groups is 1. The minimum atomic E-state index is 0.595.